The van der Waals surface area contributed by atoms with E-state index >= 15 is 0 Å². The average molecular weight is 330 g/mol. The Balaban J connectivity index is 1.82. The zero-order valence-electron chi connectivity index (χ0n) is 13.5. The summed E-state index contributed by atoms with van der Waals surface area (Å²) < 4.78 is 12.4. The fraction of sp³-hybridized carbons (Fsp3) is 0.312. The van der Waals surface area contributed by atoms with Crippen LogP contribution >= 0.6 is 11.8 Å². The minimum Gasteiger partial charge on any atom is -0.497 e. The predicted octanol–water partition coefficient (Wildman–Crippen LogP) is 3.39. The second-order valence-electron chi connectivity index (χ2n) is 5.19. The standard InChI is InChI=1S/C16H18N4O2S/c1-10-14(11(2)22-19-10)9-23-16-18-17-15(20(16)3)12-6-5-7-13(8-12)21-4/h5-8H,9H2,1-4H3. The molecule has 0 bridgehead atoms. The summed E-state index contributed by atoms with van der Waals surface area (Å²) >= 11 is 1.62. The molecule has 0 amide bonds. The van der Waals surface area contributed by atoms with Crippen molar-refractivity contribution in [3.8, 4) is 17.1 Å². The zero-order valence-corrected chi connectivity index (χ0v) is 14.3. The maximum atomic E-state index is 5.27. The molecule has 0 aliphatic rings. The highest BCUT2D eigenvalue weighted by atomic mass is 32.2. The molecule has 0 atom stereocenters. The van der Waals surface area contributed by atoms with E-state index in [2.05, 4.69) is 15.4 Å². The molecule has 120 valence electrons. The first kappa shape index (κ1) is 15.6. The number of thioether (sulfide) groups is 1. The summed E-state index contributed by atoms with van der Waals surface area (Å²) in [5.41, 5.74) is 3.01. The quantitative estimate of drug-likeness (QED) is 0.668. The number of rotatable bonds is 5. The molecule has 7 heteroatoms. The molecule has 6 nitrogen and oxygen atoms in total. The number of nitrogens with zero attached hydrogens (tertiary/aromatic N) is 4. The van der Waals surface area contributed by atoms with Crippen LogP contribution < -0.4 is 4.74 Å². The lowest BCUT2D eigenvalue weighted by Gasteiger charge is -2.05. The molecule has 3 aromatic rings. The summed E-state index contributed by atoms with van der Waals surface area (Å²) in [6.45, 7) is 3.87. The Kier molecular flexibility index (Phi) is 4.38. The molecule has 2 heterocycles. The van der Waals surface area contributed by atoms with Gasteiger partial charge in [0, 0.05) is 23.9 Å². The molecule has 0 aliphatic carbocycles. The van der Waals surface area contributed by atoms with Crippen LogP contribution in [0.25, 0.3) is 11.4 Å². The van der Waals surface area contributed by atoms with Crippen LogP contribution in [0.5, 0.6) is 5.75 Å². The van der Waals surface area contributed by atoms with Gasteiger partial charge in [-0.15, -0.1) is 10.2 Å². The van der Waals surface area contributed by atoms with Crippen molar-refractivity contribution in [2.75, 3.05) is 7.11 Å². The highest BCUT2D eigenvalue weighted by molar-refractivity contribution is 7.98. The van der Waals surface area contributed by atoms with Crippen molar-refractivity contribution in [1.29, 1.82) is 0 Å². The summed E-state index contributed by atoms with van der Waals surface area (Å²) in [4.78, 5) is 0. The third-order valence-corrected chi connectivity index (χ3v) is 4.74. The predicted molar refractivity (Wildman–Crippen MR) is 88.5 cm³/mol. The van der Waals surface area contributed by atoms with Gasteiger partial charge in [-0.05, 0) is 26.0 Å². The monoisotopic (exact) mass is 330 g/mol. The summed E-state index contributed by atoms with van der Waals surface area (Å²) in [6.07, 6.45) is 0. The van der Waals surface area contributed by atoms with E-state index in [-0.39, 0.29) is 0 Å². The molecule has 0 aliphatic heterocycles. The third-order valence-electron chi connectivity index (χ3n) is 3.69. The van der Waals surface area contributed by atoms with Crippen LogP contribution in [0.2, 0.25) is 0 Å². The van der Waals surface area contributed by atoms with E-state index in [4.69, 9.17) is 9.26 Å². The molecule has 0 saturated heterocycles. The van der Waals surface area contributed by atoms with Gasteiger partial charge < -0.3 is 13.8 Å². The van der Waals surface area contributed by atoms with Crippen LogP contribution in [0.3, 0.4) is 0 Å². The smallest absolute Gasteiger partial charge is 0.191 e. The first-order valence-corrected chi connectivity index (χ1v) is 8.17. The van der Waals surface area contributed by atoms with Crippen molar-refractivity contribution in [3.63, 3.8) is 0 Å². The van der Waals surface area contributed by atoms with Crippen LogP contribution in [0.1, 0.15) is 17.0 Å². The van der Waals surface area contributed by atoms with Gasteiger partial charge in [-0.3, -0.25) is 0 Å². The molecule has 0 unspecified atom stereocenters. The Labute approximate surface area is 138 Å². The van der Waals surface area contributed by atoms with Crippen molar-refractivity contribution in [2.24, 2.45) is 7.05 Å². The van der Waals surface area contributed by atoms with Gasteiger partial charge in [0.15, 0.2) is 11.0 Å². The van der Waals surface area contributed by atoms with E-state index in [1.807, 2.05) is 49.7 Å². The number of hydrogen-bond acceptors (Lipinski definition) is 6. The average Bonchev–Trinajstić information content (AvgIpc) is 3.08. The molecular weight excluding hydrogens is 312 g/mol. The molecule has 0 fully saturated rings. The zero-order chi connectivity index (χ0) is 16.4. The Morgan fingerprint density at radius 3 is 2.78 bits per heavy atom. The van der Waals surface area contributed by atoms with Crippen LogP contribution in [0.15, 0.2) is 33.9 Å². The van der Waals surface area contributed by atoms with Crippen molar-refractivity contribution in [2.45, 2.75) is 24.8 Å². The fourth-order valence-corrected chi connectivity index (χ4v) is 3.36. The highest BCUT2D eigenvalue weighted by Crippen LogP contribution is 2.28. The van der Waals surface area contributed by atoms with Crippen LogP contribution in [-0.4, -0.2) is 27.0 Å². The second-order valence-corrected chi connectivity index (χ2v) is 6.13. The van der Waals surface area contributed by atoms with Gasteiger partial charge in [-0.25, -0.2) is 0 Å². The summed E-state index contributed by atoms with van der Waals surface area (Å²) in [6, 6.07) is 7.80. The fourth-order valence-electron chi connectivity index (χ4n) is 2.30. The Bertz CT molecular complexity index is 806. The van der Waals surface area contributed by atoms with E-state index in [9.17, 15) is 0 Å². The molecule has 0 saturated carbocycles. The van der Waals surface area contributed by atoms with Crippen LogP contribution in [0.4, 0.5) is 0 Å². The van der Waals surface area contributed by atoms with E-state index < -0.39 is 0 Å². The third kappa shape index (κ3) is 3.10. The molecule has 2 aromatic heterocycles. The van der Waals surface area contributed by atoms with Crippen molar-refractivity contribution >= 4 is 11.8 Å². The van der Waals surface area contributed by atoms with Crippen LogP contribution in [-0.2, 0) is 12.8 Å². The number of hydrogen-bond donors (Lipinski definition) is 0. The van der Waals surface area contributed by atoms with Gasteiger partial charge >= 0.3 is 0 Å². The lowest BCUT2D eigenvalue weighted by molar-refractivity contribution is 0.392. The van der Waals surface area contributed by atoms with E-state index in [0.717, 1.165) is 45.1 Å². The van der Waals surface area contributed by atoms with E-state index in [0.29, 0.717) is 0 Å². The molecule has 3 rings (SSSR count). The van der Waals surface area contributed by atoms with Gasteiger partial charge in [-0.2, -0.15) is 0 Å². The second kappa shape index (κ2) is 6.45. The maximum Gasteiger partial charge on any atom is 0.191 e. The molecule has 0 spiro atoms. The van der Waals surface area contributed by atoms with Gasteiger partial charge in [0.1, 0.15) is 11.5 Å². The minimum atomic E-state index is 0.755. The Morgan fingerprint density at radius 1 is 1.26 bits per heavy atom. The van der Waals surface area contributed by atoms with Gasteiger partial charge in [0.05, 0.1) is 12.8 Å². The lowest BCUT2D eigenvalue weighted by Crippen LogP contribution is -1.96. The summed E-state index contributed by atoms with van der Waals surface area (Å²) in [5, 5.41) is 13.4. The van der Waals surface area contributed by atoms with Crippen molar-refractivity contribution < 1.29 is 9.26 Å². The number of methoxy groups -OCH3 is 1. The topological polar surface area (TPSA) is 66.0 Å². The molecule has 1 aromatic carbocycles. The lowest BCUT2D eigenvalue weighted by atomic mass is 10.2. The molecule has 0 N–H and O–H groups in total. The Hall–Kier alpha value is -2.28. The van der Waals surface area contributed by atoms with Crippen molar-refractivity contribution in [3.05, 3.63) is 41.3 Å². The minimum absolute atomic E-state index is 0.755. The van der Waals surface area contributed by atoms with Gasteiger partial charge in [0.25, 0.3) is 0 Å². The first-order valence-electron chi connectivity index (χ1n) is 7.18. The van der Waals surface area contributed by atoms with Crippen LogP contribution in [0, 0.1) is 13.8 Å². The number of ether oxygens (including phenoxy) is 1. The number of aromatic nitrogens is 4. The number of benzene rings is 1. The normalized spacial score (nSPS) is 11.0. The Morgan fingerprint density at radius 2 is 2.09 bits per heavy atom. The van der Waals surface area contributed by atoms with E-state index in [1.165, 1.54) is 0 Å². The van der Waals surface area contributed by atoms with Gasteiger partial charge in [-0.1, -0.05) is 29.1 Å². The summed E-state index contributed by atoms with van der Waals surface area (Å²) in [7, 11) is 3.62. The largest absolute Gasteiger partial charge is 0.497 e. The maximum absolute atomic E-state index is 5.27. The molecular formula is C16H18N4O2S. The molecule has 23 heavy (non-hydrogen) atoms. The van der Waals surface area contributed by atoms with E-state index in [1.54, 1.807) is 18.9 Å². The molecule has 0 radical (unpaired) electrons. The first-order chi connectivity index (χ1) is 11.1. The highest BCUT2D eigenvalue weighted by Gasteiger charge is 2.14. The SMILES string of the molecule is COc1cccc(-c2nnc(SCc3c(C)noc3C)n2C)c1. The summed E-state index contributed by atoms with van der Waals surface area (Å²) in [5.74, 6) is 3.22. The van der Waals surface area contributed by atoms with Gasteiger partial charge in [0.2, 0.25) is 0 Å². The number of aryl methyl sites for hydroxylation is 2. The van der Waals surface area contributed by atoms with Crippen molar-refractivity contribution in [1.82, 2.24) is 19.9 Å².